The molecular formula is C23H29IN6O2. The zero-order valence-electron chi connectivity index (χ0n) is 18.3. The molecule has 2 heterocycles. The summed E-state index contributed by atoms with van der Waals surface area (Å²) in [6.07, 6.45) is 0.862. The highest BCUT2D eigenvalue weighted by Gasteiger charge is 2.22. The van der Waals surface area contributed by atoms with Crippen molar-refractivity contribution in [2.24, 2.45) is 12.0 Å². The van der Waals surface area contributed by atoms with Crippen LogP contribution in [0.25, 0.3) is 0 Å². The maximum atomic E-state index is 5.80. The van der Waals surface area contributed by atoms with Gasteiger partial charge in [-0.1, -0.05) is 36.4 Å². The average Bonchev–Trinajstić information content (AvgIpc) is 3.13. The number of para-hydroxylation sites is 2. The number of hydrogen-bond donors (Lipinski definition) is 2. The molecule has 0 amide bonds. The third-order valence-corrected chi connectivity index (χ3v) is 5.24. The van der Waals surface area contributed by atoms with E-state index in [2.05, 4.69) is 26.9 Å². The number of aliphatic imine (C=N–C) groups is 1. The lowest BCUT2D eigenvalue weighted by molar-refractivity contribution is 0.261. The molecule has 32 heavy (non-hydrogen) atoms. The van der Waals surface area contributed by atoms with Crippen LogP contribution in [0.1, 0.15) is 29.7 Å². The number of aryl methyl sites for hydroxylation is 1. The minimum atomic E-state index is 0. The second kappa shape index (κ2) is 11.7. The van der Waals surface area contributed by atoms with Crippen LogP contribution in [-0.4, -0.2) is 40.5 Å². The lowest BCUT2D eigenvalue weighted by atomic mass is 10.0. The first-order valence-electron chi connectivity index (χ1n) is 10.5. The molecular weight excluding hydrogens is 519 g/mol. The second-order valence-corrected chi connectivity index (χ2v) is 7.35. The summed E-state index contributed by atoms with van der Waals surface area (Å²) in [7, 11) is 1.95. The van der Waals surface area contributed by atoms with Gasteiger partial charge in [0, 0.05) is 19.0 Å². The molecule has 0 bridgehead atoms. The van der Waals surface area contributed by atoms with E-state index in [1.807, 2.05) is 67.1 Å². The van der Waals surface area contributed by atoms with Gasteiger partial charge in [-0.2, -0.15) is 0 Å². The molecule has 0 aliphatic carbocycles. The Bertz CT molecular complexity index is 1020. The van der Waals surface area contributed by atoms with Crippen LogP contribution in [0.15, 0.2) is 59.6 Å². The van der Waals surface area contributed by atoms with Crippen LogP contribution < -0.4 is 20.1 Å². The van der Waals surface area contributed by atoms with E-state index in [1.165, 1.54) is 0 Å². The monoisotopic (exact) mass is 548 g/mol. The predicted octanol–water partition coefficient (Wildman–Crippen LogP) is 3.38. The number of fused-ring (bicyclic) bond motifs is 1. The van der Waals surface area contributed by atoms with Gasteiger partial charge in [-0.05, 0) is 25.1 Å². The topological polar surface area (TPSA) is 85.6 Å². The molecule has 9 heteroatoms. The van der Waals surface area contributed by atoms with Gasteiger partial charge in [0.25, 0.3) is 0 Å². The predicted molar refractivity (Wildman–Crippen MR) is 135 cm³/mol. The standard InChI is InChI=1S/C23H28N6O2.HI/c1-17-27-28-22(29(17)2)16-25-23(24-13-15-30-18-8-4-3-5-9-18)26-20-12-14-31-21-11-7-6-10-19(20)21;/h3-11,20H,12-16H2,1-2H3,(H2,24,25,26);1H. The van der Waals surface area contributed by atoms with Crippen molar-refractivity contribution in [3.8, 4) is 11.5 Å². The Hall–Kier alpha value is -2.82. The molecule has 3 aromatic rings. The number of hydrogen-bond acceptors (Lipinski definition) is 5. The first kappa shape index (κ1) is 23.8. The summed E-state index contributed by atoms with van der Waals surface area (Å²) in [4.78, 5) is 4.75. The first-order chi connectivity index (χ1) is 15.2. The number of guanidine groups is 1. The van der Waals surface area contributed by atoms with Crippen LogP contribution in [0.4, 0.5) is 0 Å². The normalized spacial score (nSPS) is 15.2. The highest BCUT2D eigenvalue weighted by Crippen LogP contribution is 2.31. The number of rotatable bonds is 7. The minimum Gasteiger partial charge on any atom is -0.493 e. The molecule has 0 fully saturated rings. The van der Waals surface area contributed by atoms with Gasteiger partial charge >= 0.3 is 0 Å². The largest absolute Gasteiger partial charge is 0.493 e. The third kappa shape index (κ3) is 6.12. The maximum Gasteiger partial charge on any atom is 0.192 e. The van der Waals surface area contributed by atoms with Crippen molar-refractivity contribution < 1.29 is 9.47 Å². The van der Waals surface area contributed by atoms with Crippen molar-refractivity contribution in [1.82, 2.24) is 25.4 Å². The van der Waals surface area contributed by atoms with E-state index in [0.717, 1.165) is 35.1 Å². The molecule has 1 aliphatic heterocycles. The Balaban J connectivity index is 0.00000289. The number of benzene rings is 2. The summed E-state index contributed by atoms with van der Waals surface area (Å²) in [5, 5.41) is 15.3. The van der Waals surface area contributed by atoms with Crippen LogP contribution in [-0.2, 0) is 13.6 Å². The SMILES string of the molecule is Cc1nnc(CN=C(NCCOc2ccccc2)NC2CCOc3ccccc32)n1C.I. The zero-order valence-corrected chi connectivity index (χ0v) is 20.7. The Morgan fingerprint density at radius 1 is 1.16 bits per heavy atom. The molecule has 170 valence electrons. The molecule has 4 rings (SSSR count). The average molecular weight is 548 g/mol. The van der Waals surface area contributed by atoms with E-state index in [9.17, 15) is 0 Å². The van der Waals surface area contributed by atoms with Crippen LogP contribution in [0.5, 0.6) is 11.5 Å². The Morgan fingerprint density at radius 2 is 1.94 bits per heavy atom. The van der Waals surface area contributed by atoms with Gasteiger partial charge in [0.15, 0.2) is 11.8 Å². The number of nitrogens with one attached hydrogen (secondary N) is 2. The van der Waals surface area contributed by atoms with Crippen molar-refractivity contribution in [1.29, 1.82) is 0 Å². The number of halogens is 1. The quantitative estimate of drug-likeness (QED) is 0.204. The summed E-state index contributed by atoms with van der Waals surface area (Å²) in [6, 6.07) is 18.0. The summed E-state index contributed by atoms with van der Waals surface area (Å²) in [5.41, 5.74) is 1.14. The summed E-state index contributed by atoms with van der Waals surface area (Å²) < 4.78 is 13.5. The smallest absolute Gasteiger partial charge is 0.192 e. The fourth-order valence-electron chi connectivity index (χ4n) is 3.40. The lowest BCUT2D eigenvalue weighted by Crippen LogP contribution is -2.42. The van der Waals surface area contributed by atoms with Gasteiger partial charge < -0.3 is 24.7 Å². The maximum absolute atomic E-state index is 5.80. The molecule has 8 nitrogen and oxygen atoms in total. The van der Waals surface area contributed by atoms with Gasteiger partial charge in [-0.3, -0.25) is 0 Å². The molecule has 2 aromatic carbocycles. The highest BCUT2D eigenvalue weighted by atomic mass is 127. The van der Waals surface area contributed by atoms with Crippen LogP contribution >= 0.6 is 24.0 Å². The zero-order chi connectivity index (χ0) is 21.5. The van der Waals surface area contributed by atoms with Crippen molar-refractivity contribution in [2.75, 3.05) is 19.8 Å². The number of aromatic nitrogens is 3. The van der Waals surface area contributed by atoms with Gasteiger partial charge in [-0.25, -0.2) is 4.99 Å². The molecule has 0 saturated heterocycles. The van der Waals surface area contributed by atoms with Crippen LogP contribution in [0.2, 0.25) is 0 Å². The van der Waals surface area contributed by atoms with E-state index in [-0.39, 0.29) is 30.0 Å². The van der Waals surface area contributed by atoms with E-state index in [1.54, 1.807) is 0 Å². The van der Waals surface area contributed by atoms with Gasteiger partial charge in [0.2, 0.25) is 0 Å². The van der Waals surface area contributed by atoms with Crippen molar-refractivity contribution in [2.45, 2.75) is 25.9 Å². The Labute approximate surface area is 205 Å². The van der Waals surface area contributed by atoms with E-state index in [4.69, 9.17) is 14.5 Å². The minimum absolute atomic E-state index is 0. The van der Waals surface area contributed by atoms with Gasteiger partial charge in [-0.15, -0.1) is 34.2 Å². The van der Waals surface area contributed by atoms with E-state index >= 15 is 0 Å². The molecule has 0 spiro atoms. The Morgan fingerprint density at radius 3 is 2.72 bits per heavy atom. The summed E-state index contributed by atoms with van der Waals surface area (Å²) >= 11 is 0. The summed E-state index contributed by atoms with van der Waals surface area (Å²) in [5.74, 6) is 4.15. The molecule has 1 aliphatic rings. The van der Waals surface area contributed by atoms with Gasteiger partial charge in [0.1, 0.15) is 30.5 Å². The first-order valence-corrected chi connectivity index (χ1v) is 10.5. The number of nitrogens with zero attached hydrogens (tertiary/aromatic N) is 4. The van der Waals surface area contributed by atoms with Gasteiger partial charge in [0.05, 0.1) is 19.2 Å². The van der Waals surface area contributed by atoms with Crippen LogP contribution in [0, 0.1) is 6.92 Å². The molecule has 0 saturated carbocycles. The molecule has 1 atom stereocenters. The number of ether oxygens (including phenoxy) is 2. The lowest BCUT2D eigenvalue weighted by Gasteiger charge is -2.28. The second-order valence-electron chi connectivity index (χ2n) is 7.35. The van der Waals surface area contributed by atoms with Crippen molar-refractivity contribution in [3.63, 3.8) is 0 Å². The van der Waals surface area contributed by atoms with E-state index in [0.29, 0.717) is 32.3 Å². The van der Waals surface area contributed by atoms with Crippen molar-refractivity contribution >= 4 is 29.9 Å². The fourth-order valence-corrected chi connectivity index (χ4v) is 3.40. The fraction of sp³-hybridized carbons (Fsp3) is 0.348. The third-order valence-electron chi connectivity index (χ3n) is 5.24. The Kier molecular flexibility index (Phi) is 8.72. The summed E-state index contributed by atoms with van der Waals surface area (Å²) in [6.45, 7) is 4.16. The highest BCUT2D eigenvalue weighted by molar-refractivity contribution is 14.0. The molecule has 1 unspecified atom stereocenters. The van der Waals surface area contributed by atoms with E-state index < -0.39 is 0 Å². The molecule has 1 aromatic heterocycles. The van der Waals surface area contributed by atoms with Crippen LogP contribution in [0.3, 0.4) is 0 Å². The molecule has 0 radical (unpaired) electrons. The molecule has 2 N–H and O–H groups in total. The van der Waals surface area contributed by atoms with Crippen molar-refractivity contribution in [3.05, 3.63) is 71.8 Å².